The number of esters is 1. The van der Waals surface area contributed by atoms with Crippen LogP contribution in [-0.4, -0.2) is 12.6 Å². The molecule has 5 heteroatoms. The van der Waals surface area contributed by atoms with Crippen molar-refractivity contribution in [2.24, 2.45) is 0 Å². The largest absolute Gasteiger partial charge is 0.489 e. The number of carbonyl (C=O) groups excluding carboxylic acids is 1. The van der Waals surface area contributed by atoms with Crippen molar-refractivity contribution in [3.63, 3.8) is 0 Å². The van der Waals surface area contributed by atoms with Gasteiger partial charge in [0.2, 0.25) is 0 Å². The highest BCUT2D eigenvalue weighted by Gasteiger charge is 2.12. The highest BCUT2D eigenvalue weighted by atomic mass is 19.1. The Kier molecular flexibility index (Phi) is 7.18. The van der Waals surface area contributed by atoms with Gasteiger partial charge in [0.15, 0.2) is 0 Å². The van der Waals surface area contributed by atoms with Crippen molar-refractivity contribution in [3.8, 4) is 22.9 Å². The first-order valence-electron chi connectivity index (χ1n) is 9.76. The molecular formula is C25H22FNO3. The molecule has 3 aromatic carbocycles. The molecule has 0 aliphatic rings. The fourth-order valence-corrected chi connectivity index (χ4v) is 3.09. The van der Waals surface area contributed by atoms with Crippen LogP contribution in [0.5, 0.6) is 5.75 Å². The van der Waals surface area contributed by atoms with Crippen LogP contribution in [0, 0.1) is 17.1 Å². The number of hydrogen-bond acceptors (Lipinski definition) is 4. The molecule has 0 aromatic heterocycles. The van der Waals surface area contributed by atoms with E-state index in [9.17, 15) is 9.18 Å². The van der Waals surface area contributed by atoms with Crippen LogP contribution in [0.4, 0.5) is 4.39 Å². The zero-order valence-electron chi connectivity index (χ0n) is 16.7. The Hall–Kier alpha value is -3.65. The highest BCUT2D eigenvalue weighted by molar-refractivity contribution is 5.69. The van der Waals surface area contributed by atoms with E-state index in [-0.39, 0.29) is 18.4 Å². The molecule has 3 aromatic rings. The molecule has 30 heavy (non-hydrogen) atoms. The highest BCUT2D eigenvalue weighted by Crippen LogP contribution is 2.27. The number of carbonyl (C=O) groups is 1. The van der Waals surface area contributed by atoms with E-state index in [1.165, 1.54) is 6.07 Å². The van der Waals surface area contributed by atoms with Crippen molar-refractivity contribution in [2.75, 3.05) is 6.61 Å². The standard InChI is InChI=1S/C25H22FNO3/c1-2-29-25(28)15-10-18-8-13-21(14-9-18)30-17-23-22(4-3-5-24(23)26)20-11-6-19(16-27)7-12-20/h3-9,11-14H,2,10,15,17H2,1H3. The van der Waals surface area contributed by atoms with Gasteiger partial charge in [0.1, 0.15) is 18.2 Å². The molecule has 4 nitrogen and oxygen atoms in total. The van der Waals surface area contributed by atoms with Gasteiger partial charge in [-0.15, -0.1) is 0 Å². The molecule has 0 unspecified atom stereocenters. The van der Waals surface area contributed by atoms with Crippen molar-refractivity contribution in [1.29, 1.82) is 5.26 Å². The van der Waals surface area contributed by atoms with Crippen molar-refractivity contribution < 1.29 is 18.7 Å². The van der Waals surface area contributed by atoms with Crippen LogP contribution >= 0.6 is 0 Å². The smallest absolute Gasteiger partial charge is 0.306 e. The second-order valence-electron chi connectivity index (χ2n) is 6.69. The maximum absolute atomic E-state index is 14.5. The van der Waals surface area contributed by atoms with Gasteiger partial charge in [0.05, 0.1) is 18.2 Å². The van der Waals surface area contributed by atoms with Gasteiger partial charge < -0.3 is 9.47 Å². The Morgan fingerprint density at radius 2 is 1.77 bits per heavy atom. The average molecular weight is 403 g/mol. The SMILES string of the molecule is CCOC(=O)CCc1ccc(OCc2c(F)cccc2-c2ccc(C#N)cc2)cc1. The van der Waals surface area contributed by atoms with E-state index >= 15 is 0 Å². The summed E-state index contributed by atoms with van der Waals surface area (Å²) in [5.41, 5.74) is 3.55. The van der Waals surface area contributed by atoms with E-state index < -0.39 is 0 Å². The molecule has 0 saturated heterocycles. The average Bonchev–Trinajstić information content (AvgIpc) is 2.78. The Morgan fingerprint density at radius 1 is 1.03 bits per heavy atom. The van der Waals surface area contributed by atoms with Gasteiger partial charge in [0, 0.05) is 12.0 Å². The fraction of sp³-hybridized carbons (Fsp3) is 0.200. The maximum atomic E-state index is 14.5. The fourth-order valence-electron chi connectivity index (χ4n) is 3.09. The molecule has 0 N–H and O–H groups in total. The van der Waals surface area contributed by atoms with Crippen LogP contribution in [-0.2, 0) is 22.6 Å². The molecule has 0 atom stereocenters. The Bertz CT molecular complexity index is 1040. The quantitative estimate of drug-likeness (QED) is 0.470. The maximum Gasteiger partial charge on any atom is 0.306 e. The lowest BCUT2D eigenvalue weighted by Crippen LogP contribution is -2.05. The molecule has 3 rings (SSSR count). The van der Waals surface area contributed by atoms with Crippen LogP contribution < -0.4 is 4.74 Å². The lowest BCUT2D eigenvalue weighted by atomic mass is 9.98. The molecule has 0 bridgehead atoms. The minimum absolute atomic E-state index is 0.0736. The minimum atomic E-state index is -0.345. The van der Waals surface area contributed by atoms with E-state index in [1.807, 2.05) is 30.3 Å². The number of benzene rings is 3. The first-order chi connectivity index (χ1) is 14.6. The normalized spacial score (nSPS) is 10.3. The Morgan fingerprint density at radius 3 is 2.43 bits per heavy atom. The lowest BCUT2D eigenvalue weighted by molar-refractivity contribution is -0.143. The predicted octanol–water partition coefficient (Wildman–Crippen LogP) is 5.44. The molecule has 0 radical (unpaired) electrons. The number of nitrogens with zero attached hydrogens (tertiary/aromatic N) is 1. The zero-order chi connectivity index (χ0) is 21.3. The first kappa shape index (κ1) is 21.1. The molecule has 0 saturated carbocycles. The van der Waals surface area contributed by atoms with Crippen molar-refractivity contribution in [2.45, 2.75) is 26.4 Å². The number of halogens is 1. The second kappa shape index (κ2) is 10.2. The summed E-state index contributed by atoms with van der Waals surface area (Å²) in [6, 6.07) is 21.4. The monoisotopic (exact) mass is 403 g/mol. The Balaban J connectivity index is 1.68. The number of hydrogen-bond donors (Lipinski definition) is 0. The van der Waals surface area contributed by atoms with Gasteiger partial charge in [-0.05, 0) is 60.4 Å². The van der Waals surface area contributed by atoms with E-state index in [0.29, 0.717) is 36.3 Å². The first-order valence-corrected chi connectivity index (χ1v) is 9.76. The van der Waals surface area contributed by atoms with Gasteiger partial charge in [-0.2, -0.15) is 5.26 Å². The summed E-state index contributed by atoms with van der Waals surface area (Å²) >= 11 is 0. The topological polar surface area (TPSA) is 59.3 Å². The Labute approximate surface area is 175 Å². The van der Waals surface area contributed by atoms with Gasteiger partial charge in [-0.1, -0.05) is 36.4 Å². The van der Waals surface area contributed by atoms with Gasteiger partial charge >= 0.3 is 5.97 Å². The van der Waals surface area contributed by atoms with Crippen molar-refractivity contribution in [1.82, 2.24) is 0 Å². The summed E-state index contributed by atoms with van der Waals surface area (Å²) in [6.07, 6.45) is 0.923. The third kappa shape index (κ3) is 5.45. The third-order valence-corrected chi connectivity index (χ3v) is 4.67. The summed E-state index contributed by atoms with van der Waals surface area (Å²) in [7, 11) is 0. The van der Waals surface area contributed by atoms with E-state index in [0.717, 1.165) is 16.7 Å². The van der Waals surface area contributed by atoms with Crippen LogP contribution in [0.2, 0.25) is 0 Å². The van der Waals surface area contributed by atoms with E-state index in [1.54, 1.807) is 37.3 Å². The summed E-state index contributed by atoms with van der Waals surface area (Å²) in [5.74, 6) is 0.0551. The molecule has 0 spiro atoms. The predicted molar refractivity (Wildman–Crippen MR) is 112 cm³/mol. The van der Waals surface area contributed by atoms with Crippen molar-refractivity contribution >= 4 is 5.97 Å². The minimum Gasteiger partial charge on any atom is -0.489 e. The summed E-state index contributed by atoms with van der Waals surface area (Å²) in [6.45, 7) is 2.24. The number of aryl methyl sites for hydroxylation is 1. The van der Waals surface area contributed by atoms with E-state index in [4.69, 9.17) is 14.7 Å². The van der Waals surface area contributed by atoms with Crippen LogP contribution in [0.1, 0.15) is 30.0 Å². The molecule has 0 fully saturated rings. The molecular weight excluding hydrogens is 381 g/mol. The summed E-state index contributed by atoms with van der Waals surface area (Å²) in [5, 5.41) is 8.96. The van der Waals surface area contributed by atoms with Gasteiger partial charge in [-0.25, -0.2) is 4.39 Å². The van der Waals surface area contributed by atoms with Crippen LogP contribution in [0.25, 0.3) is 11.1 Å². The second-order valence-corrected chi connectivity index (χ2v) is 6.69. The van der Waals surface area contributed by atoms with Crippen molar-refractivity contribution in [3.05, 3.63) is 89.2 Å². The number of nitriles is 1. The third-order valence-electron chi connectivity index (χ3n) is 4.67. The molecule has 152 valence electrons. The summed E-state index contributed by atoms with van der Waals surface area (Å²) in [4.78, 5) is 11.5. The lowest BCUT2D eigenvalue weighted by Gasteiger charge is -2.13. The molecule has 0 heterocycles. The van der Waals surface area contributed by atoms with Crippen LogP contribution in [0.3, 0.4) is 0 Å². The van der Waals surface area contributed by atoms with Gasteiger partial charge in [-0.3, -0.25) is 4.79 Å². The van der Waals surface area contributed by atoms with E-state index in [2.05, 4.69) is 6.07 Å². The molecule has 0 amide bonds. The number of ether oxygens (including phenoxy) is 2. The molecule has 0 aliphatic heterocycles. The zero-order valence-corrected chi connectivity index (χ0v) is 16.7. The summed E-state index contributed by atoms with van der Waals surface area (Å²) < 4.78 is 25.3. The van der Waals surface area contributed by atoms with Gasteiger partial charge in [0.25, 0.3) is 0 Å². The molecule has 0 aliphatic carbocycles. The van der Waals surface area contributed by atoms with Crippen LogP contribution in [0.15, 0.2) is 66.7 Å². The number of rotatable bonds is 8.